The molecule has 4 heteroatoms. The van der Waals surface area contributed by atoms with Gasteiger partial charge in [0.2, 0.25) is 0 Å². The first-order valence-electron chi connectivity index (χ1n) is 6.56. The van der Waals surface area contributed by atoms with E-state index >= 15 is 0 Å². The Morgan fingerprint density at radius 2 is 2.11 bits per heavy atom. The Labute approximate surface area is 123 Å². The standard InChI is InChI=1S/C15H20N2S2/c1-3-18-11-15-17-13(10-19-15)9-14(16-2)12-7-5-4-6-8-12/h4-8,10,14,16H,3,9,11H2,1-2H3. The number of hydrogen-bond acceptors (Lipinski definition) is 4. The summed E-state index contributed by atoms with van der Waals surface area (Å²) in [5.74, 6) is 2.19. The first-order valence-corrected chi connectivity index (χ1v) is 8.60. The monoisotopic (exact) mass is 292 g/mol. The molecule has 0 aliphatic carbocycles. The van der Waals surface area contributed by atoms with Gasteiger partial charge < -0.3 is 5.32 Å². The maximum Gasteiger partial charge on any atom is 0.103 e. The number of nitrogens with one attached hydrogen (secondary N) is 1. The van der Waals surface area contributed by atoms with E-state index in [4.69, 9.17) is 4.98 Å². The van der Waals surface area contributed by atoms with Crippen LogP contribution in [0.25, 0.3) is 0 Å². The zero-order chi connectivity index (χ0) is 13.5. The quantitative estimate of drug-likeness (QED) is 0.838. The lowest BCUT2D eigenvalue weighted by Gasteiger charge is -2.15. The number of thiazole rings is 1. The van der Waals surface area contributed by atoms with E-state index in [0.717, 1.165) is 17.9 Å². The van der Waals surface area contributed by atoms with Crippen molar-refractivity contribution in [3.63, 3.8) is 0 Å². The lowest BCUT2D eigenvalue weighted by atomic mass is 10.0. The Morgan fingerprint density at radius 3 is 2.79 bits per heavy atom. The first kappa shape index (κ1) is 14.6. The van der Waals surface area contributed by atoms with E-state index in [-0.39, 0.29) is 0 Å². The summed E-state index contributed by atoms with van der Waals surface area (Å²) >= 11 is 3.71. The van der Waals surface area contributed by atoms with E-state index in [9.17, 15) is 0 Å². The molecule has 1 N–H and O–H groups in total. The predicted octanol–water partition coefficient (Wildman–Crippen LogP) is 3.90. The van der Waals surface area contributed by atoms with E-state index in [2.05, 4.69) is 48.0 Å². The number of hydrogen-bond donors (Lipinski definition) is 1. The average molecular weight is 292 g/mol. The Bertz CT molecular complexity index is 482. The molecular formula is C15H20N2S2. The first-order chi connectivity index (χ1) is 9.33. The van der Waals surface area contributed by atoms with Gasteiger partial charge in [-0.1, -0.05) is 37.3 Å². The lowest BCUT2D eigenvalue weighted by Crippen LogP contribution is -2.18. The van der Waals surface area contributed by atoms with Gasteiger partial charge in [0.25, 0.3) is 0 Å². The van der Waals surface area contributed by atoms with E-state index < -0.39 is 0 Å². The normalized spacial score (nSPS) is 12.5. The summed E-state index contributed by atoms with van der Waals surface area (Å²) < 4.78 is 0. The van der Waals surface area contributed by atoms with Gasteiger partial charge in [0.05, 0.1) is 5.69 Å². The molecule has 2 rings (SSSR count). The molecular weight excluding hydrogens is 272 g/mol. The molecule has 1 aromatic carbocycles. The average Bonchev–Trinajstić information content (AvgIpc) is 2.91. The van der Waals surface area contributed by atoms with Crippen molar-refractivity contribution in [3.8, 4) is 0 Å². The van der Waals surface area contributed by atoms with Gasteiger partial charge in [-0.3, -0.25) is 0 Å². The van der Waals surface area contributed by atoms with Crippen LogP contribution in [0, 0.1) is 0 Å². The fourth-order valence-electron chi connectivity index (χ4n) is 1.98. The molecule has 0 spiro atoms. The molecule has 0 fully saturated rings. The molecule has 102 valence electrons. The molecule has 1 heterocycles. The summed E-state index contributed by atoms with van der Waals surface area (Å²) in [6, 6.07) is 10.9. The number of benzene rings is 1. The van der Waals surface area contributed by atoms with Gasteiger partial charge in [0.1, 0.15) is 5.01 Å². The van der Waals surface area contributed by atoms with Crippen LogP contribution in [0.4, 0.5) is 0 Å². The van der Waals surface area contributed by atoms with Gasteiger partial charge in [-0.2, -0.15) is 11.8 Å². The molecule has 0 bridgehead atoms. The zero-order valence-corrected chi connectivity index (χ0v) is 13.1. The Balaban J connectivity index is 2.00. The third kappa shape index (κ3) is 4.34. The summed E-state index contributed by atoms with van der Waals surface area (Å²) in [5.41, 5.74) is 2.52. The molecule has 0 saturated heterocycles. The van der Waals surface area contributed by atoms with Gasteiger partial charge in [-0.25, -0.2) is 4.98 Å². The fraction of sp³-hybridized carbons (Fsp3) is 0.400. The maximum absolute atomic E-state index is 4.72. The van der Waals surface area contributed by atoms with Crippen LogP contribution in [0.1, 0.15) is 29.2 Å². The van der Waals surface area contributed by atoms with Crippen molar-refractivity contribution in [2.75, 3.05) is 12.8 Å². The third-order valence-corrected chi connectivity index (χ3v) is 4.96. The lowest BCUT2D eigenvalue weighted by molar-refractivity contribution is 0.585. The second-order valence-corrected chi connectivity index (χ2v) is 6.54. The zero-order valence-electron chi connectivity index (χ0n) is 11.4. The highest BCUT2D eigenvalue weighted by molar-refractivity contribution is 7.98. The molecule has 0 saturated carbocycles. The Morgan fingerprint density at radius 1 is 1.32 bits per heavy atom. The van der Waals surface area contributed by atoms with Crippen LogP contribution in [-0.2, 0) is 12.2 Å². The second-order valence-electron chi connectivity index (χ2n) is 4.33. The number of aromatic nitrogens is 1. The van der Waals surface area contributed by atoms with Gasteiger partial charge in [-0.05, 0) is 18.4 Å². The largest absolute Gasteiger partial charge is 0.313 e. The van der Waals surface area contributed by atoms with Gasteiger partial charge in [-0.15, -0.1) is 11.3 Å². The van der Waals surface area contributed by atoms with E-state index in [1.165, 1.54) is 16.3 Å². The third-order valence-electron chi connectivity index (χ3n) is 2.99. The fourth-order valence-corrected chi connectivity index (χ4v) is 3.54. The summed E-state index contributed by atoms with van der Waals surface area (Å²) in [6.45, 7) is 2.19. The van der Waals surface area contributed by atoms with Crippen LogP contribution in [-0.4, -0.2) is 17.8 Å². The predicted molar refractivity (Wildman–Crippen MR) is 85.9 cm³/mol. The van der Waals surface area contributed by atoms with Crippen LogP contribution >= 0.6 is 23.1 Å². The maximum atomic E-state index is 4.72. The molecule has 2 nitrogen and oxygen atoms in total. The molecule has 2 aromatic rings. The Hall–Kier alpha value is -0.840. The van der Waals surface area contributed by atoms with Crippen LogP contribution in [0.15, 0.2) is 35.7 Å². The summed E-state index contributed by atoms with van der Waals surface area (Å²) in [4.78, 5) is 4.72. The van der Waals surface area contributed by atoms with Gasteiger partial charge >= 0.3 is 0 Å². The smallest absolute Gasteiger partial charge is 0.103 e. The molecule has 19 heavy (non-hydrogen) atoms. The molecule has 0 aliphatic rings. The summed E-state index contributed by atoms with van der Waals surface area (Å²) in [5, 5.41) is 6.81. The van der Waals surface area contributed by atoms with Crippen LogP contribution in [0.5, 0.6) is 0 Å². The highest BCUT2D eigenvalue weighted by atomic mass is 32.2. The van der Waals surface area contributed by atoms with E-state index in [0.29, 0.717) is 6.04 Å². The summed E-state index contributed by atoms with van der Waals surface area (Å²) in [6.07, 6.45) is 0.952. The number of nitrogens with zero attached hydrogens (tertiary/aromatic N) is 1. The summed E-state index contributed by atoms with van der Waals surface area (Å²) in [7, 11) is 2.01. The highest BCUT2D eigenvalue weighted by Crippen LogP contribution is 2.21. The topological polar surface area (TPSA) is 24.9 Å². The van der Waals surface area contributed by atoms with Crippen molar-refractivity contribution >= 4 is 23.1 Å². The van der Waals surface area contributed by atoms with E-state index in [1.807, 2.05) is 18.8 Å². The second kappa shape index (κ2) is 7.68. The van der Waals surface area contributed by atoms with Crippen molar-refractivity contribution < 1.29 is 0 Å². The molecule has 1 aromatic heterocycles. The minimum Gasteiger partial charge on any atom is -0.313 e. The number of likely N-dealkylation sites (N-methyl/N-ethyl adjacent to an activating group) is 1. The van der Waals surface area contributed by atoms with Gasteiger partial charge in [0, 0.05) is 23.6 Å². The number of rotatable bonds is 7. The SMILES string of the molecule is CCSCc1nc(CC(NC)c2ccccc2)cs1. The van der Waals surface area contributed by atoms with Crippen LogP contribution < -0.4 is 5.32 Å². The number of thioether (sulfide) groups is 1. The minimum absolute atomic E-state index is 0.343. The highest BCUT2D eigenvalue weighted by Gasteiger charge is 2.12. The van der Waals surface area contributed by atoms with Crippen molar-refractivity contribution in [1.82, 2.24) is 10.3 Å². The molecule has 0 amide bonds. The molecule has 0 radical (unpaired) electrons. The van der Waals surface area contributed by atoms with Crippen molar-refractivity contribution in [1.29, 1.82) is 0 Å². The van der Waals surface area contributed by atoms with Crippen LogP contribution in [0.3, 0.4) is 0 Å². The minimum atomic E-state index is 0.343. The van der Waals surface area contributed by atoms with Gasteiger partial charge in [0.15, 0.2) is 0 Å². The van der Waals surface area contributed by atoms with Crippen molar-refractivity contribution in [3.05, 3.63) is 52.0 Å². The molecule has 1 atom stereocenters. The van der Waals surface area contributed by atoms with Crippen molar-refractivity contribution in [2.45, 2.75) is 25.1 Å². The van der Waals surface area contributed by atoms with Crippen molar-refractivity contribution in [2.24, 2.45) is 0 Å². The van der Waals surface area contributed by atoms with Crippen LogP contribution in [0.2, 0.25) is 0 Å². The Kier molecular flexibility index (Phi) is 5.89. The molecule has 0 aliphatic heterocycles. The van der Waals surface area contributed by atoms with E-state index in [1.54, 1.807) is 11.3 Å². The molecule has 1 unspecified atom stereocenters.